The van der Waals surface area contributed by atoms with Crippen LogP contribution in [0.4, 0.5) is 11.6 Å². The van der Waals surface area contributed by atoms with Crippen LogP contribution >= 0.6 is 0 Å². The normalized spacial score (nSPS) is 14.6. The number of nitrogens with zero attached hydrogens (tertiary/aromatic N) is 4. The van der Waals surface area contributed by atoms with Crippen molar-refractivity contribution in [1.82, 2.24) is 14.9 Å². The Bertz CT molecular complexity index is 911. The molecule has 0 amide bonds. The zero-order chi connectivity index (χ0) is 23.1. The van der Waals surface area contributed by atoms with Crippen molar-refractivity contribution >= 4 is 11.6 Å². The van der Waals surface area contributed by atoms with Crippen molar-refractivity contribution < 1.29 is 23.9 Å². The Morgan fingerprint density at radius 1 is 1.09 bits per heavy atom. The molecule has 2 aromatic rings. The first kappa shape index (κ1) is 23.3. The van der Waals surface area contributed by atoms with Crippen molar-refractivity contribution in [2.24, 2.45) is 0 Å². The third kappa shape index (κ3) is 5.67. The molecule has 32 heavy (non-hydrogen) atoms. The standard InChI is InChI=1S/C21H29N5O6/c1-5-32-17-11-14(10-16(26(27)28)20(17)31-4)13-25-8-6-15(7-9-25)22-21-23-18(29-2)12-19(24-21)30-3/h10-12,15H,5-9,13H2,1-4H3,(H,22,23,24). The fourth-order valence-electron chi connectivity index (χ4n) is 3.69. The van der Waals surface area contributed by atoms with Gasteiger partial charge in [-0.05, 0) is 31.4 Å². The number of aromatic nitrogens is 2. The van der Waals surface area contributed by atoms with Crippen molar-refractivity contribution in [3.05, 3.63) is 33.9 Å². The predicted octanol–water partition coefficient (Wildman–Crippen LogP) is 2.89. The molecule has 0 spiro atoms. The highest BCUT2D eigenvalue weighted by molar-refractivity contribution is 5.58. The highest BCUT2D eigenvalue weighted by Crippen LogP contribution is 2.38. The van der Waals surface area contributed by atoms with E-state index in [4.69, 9.17) is 18.9 Å². The molecule has 1 aromatic carbocycles. The Morgan fingerprint density at radius 3 is 2.28 bits per heavy atom. The number of likely N-dealkylation sites (tertiary alicyclic amines) is 1. The summed E-state index contributed by atoms with van der Waals surface area (Å²) in [4.78, 5) is 22.0. The number of anilines is 1. The largest absolute Gasteiger partial charge is 0.490 e. The maximum Gasteiger partial charge on any atom is 0.315 e. The Hall–Kier alpha value is -3.34. The lowest BCUT2D eigenvalue weighted by Crippen LogP contribution is -2.39. The van der Waals surface area contributed by atoms with Crippen LogP contribution in [0, 0.1) is 10.1 Å². The number of hydrogen-bond acceptors (Lipinski definition) is 10. The molecular weight excluding hydrogens is 418 g/mol. The van der Waals surface area contributed by atoms with Gasteiger partial charge in [0.2, 0.25) is 23.5 Å². The molecule has 0 unspecified atom stereocenters. The average molecular weight is 447 g/mol. The lowest BCUT2D eigenvalue weighted by molar-refractivity contribution is -0.385. The van der Waals surface area contributed by atoms with E-state index in [0.717, 1.165) is 31.5 Å². The summed E-state index contributed by atoms with van der Waals surface area (Å²) < 4.78 is 21.2. The number of nitro groups is 1. The van der Waals surface area contributed by atoms with Crippen molar-refractivity contribution in [3.8, 4) is 23.3 Å². The van der Waals surface area contributed by atoms with Crippen molar-refractivity contribution in [1.29, 1.82) is 0 Å². The van der Waals surface area contributed by atoms with E-state index in [0.29, 0.717) is 36.6 Å². The first-order valence-corrected chi connectivity index (χ1v) is 10.4. The Morgan fingerprint density at radius 2 is 1.75 bits per heavy atom. The van der Waals surface area contributed by atoms with Crippen molar-refractivity contribution in [2.75, 3.05) is 46.3 Å². The van der Waals surface area contributed by atoms with E-state index in [1.807, 2.05) is 13.0 Å². The molecule has 2 heterocycles. The highest BCUT2D eigenvalue weighted by atomic mass is 16.6. The molecule has 174 valence electrons. The Labute approximate surface area is 186 Å². The van der Waals surface area contributed by atoms with Gasteiger partial charge in [-0.2, -0.15) is 9.97 Å². The molecule has 1 aliphatic rings. The van der Waals surface area contributed by atoms with Gasteiger partial charge in [0.1, 0.15) is 0 Å². The van der Waals surface area contributed by atoms with E-state index in [-0.39, 0.29) is 17.5 Å². The maximum atomic E-state index is 11.5. The van der Waals surface area contributed by atoms with E-state index in [1.54, 1.807) is 26.4 Å². The molecular formula is C21H29N5O6. The van der Waals surface area contributed by atoms with Gasteiger partial charge in [0.25, 0.3) is 0 Å². The van der Waals surface area contributed by atoms with Gasteiger partial charge in [-0.15, -0.1) is 0 Å². The van der Waals surface area contributed by atoms with Crippen LogP contribution in [0.25, 0.3) is 0 Å². The van der Waals surface area contributed by atoms with Crippen LogP contribution in [0.5, 0.6) is 23.3 Å². The topological polar surface area (TPSA) is 121 Å². The summed E-state index contributed by atoms with van der Waals surface area (Å²) in [6, 6.07) is 5.20. The summed E-state index contributed by atoms with van der Waals surface area (Å²) in [6.07, 6.45) is 1.75. The van der Waals surface area contributed by atoms with Crippen LogP contribution in [0.3, 0.4) is 0 Å². The average Bonchev–Trinajstić information content (AvgIpc) is 2.80. The minimum Gasteiger partial charge on any atom is -0.490 e. The van der Waals surface area contributed by atoms with Crippen molar-refractivity contribution in [2.45, 2.75) is 32.4 Å². The van der Waals surface area contributed by atoms with E-state index in [1.165, 1.54) is 7.11 Å². The van der Waals surface area contributed by atoms with E-state index < -0.39 is 4.92 Å². The van der Waals surface area contributed by atoms with Crippen LogP contribution in [0.15, 0.2) is 18.2 Å². The second-order valence-electron chi connectivity index (χ2n) is 7.31. The molecule has 11 nitrogen and oxygen atoms in total. The van der Waals surface area contributed by atoms with Gasteiger partial charge in [-0.3, -0.25) is 15.0 Å². The summed E-state index contributed by atoms with van der Waals surface area (Å²) in [6.45, 7) is 4.45. The van der Waals surface area contributed by atoms with Crippen LogP contribution in [-0.2, 0) is 6.54 Å². The minimum absolute atomic E-state index is 0.0888. The van der Waals surface area contributed by atoms with Crippen molar-refractivity contribution in [3.63, 3.8) is 0 Å². The summed E-state index contributed by atoms with van der Waals surface area (Å²) in [5, 5.41) is 14.9. The van der Waals surface area contributed by atoms with Crippen LogP contribution in [0.2, 0.25) is 0 Å². The number of benzene rings is 1. The van der Waals surface area contributed by atoms with E-state index in [9.17, 15) is 10.1 Å². The molecule has 3 rings (SSSR count). The molecule has 1 N–H and O–H groups in total. The van der Waals surface area contributed by atoms with E-state index in [2.05, 4.69) is 20.2 Å². The quantitative estimate of drug-likeness (QED) is 0.430. The van der Waals surface area contributed by atoms with Gasteiger partial charge >= 0.3 is 5.69 Å². The number of hydrogen-bond donors (Lipinski definition) is 1. The number of piperidine rings is 1. The molecule has 1 fully saturated rings. The number of nitrogens with one attached hydrogen (secondary N) is 1. The molecule has 1 aromatic heterocycles. The number of rotatable bonds is 10. The van der Waals surface area contributed by atoms with Crippen LogP contribution in [-0.4, -0.2) is 66.9 Å². The molecule has 1 saturated heterocycles. The molecule has 0 radical (unpaired) electrons. The van der Waals surface area contributed by atoms with Gasteiger partial charge in [-0.25, -0.2) is 0 Å². The summed E-state index contributed by atoms with van der Waals surface area (Å²) in [5.74, 6) is 1.87. The monoisotopic (exact) mass is 447 g/mol. The molecule has 1 aliphatic heterocycles. The Kier molecular flexibility index (Phi) is 7.87. The Balaban J connectivity index is 1.64. The maximum absolute atomic E-state index is 11.5. The smallest absolute Gasteiger partial charge is 0.315 e. The summed E-state index contributed by atoms with van der Waals surface area (Å²) >= 11 is 0. The van der Waals surface area contributed by atoms with Crippen LogP contribution in [0.1, 0.15) is 25.3 Å². The molecule has 0 atom stereocenters. The SMILES string of the molecule is CCOc1cc(CN2CCC(Nc3nc(OC)cc(OC)n3)CC2)cc([N+](=O)[O-])c1OC. The lowest BCUT2D eigenvalue weighted by Gasteiger charge is -2.32. The van der Waals surface area contributed by atoms with Gasteiger partial charge in [0.15, 0.2) is 5.75 Å². The van der Waals surface area contributed by atoms with E-state index >= 15 is 0 Å². The van der Waals surface area contributed by atoms with Gasteiger partial charge in [0, 0.05) is 31.7 Å². The first-order valence-electron chi connectivity index (χ1n) is 10.4. The highest BCUT2D eigenvalue weighted by Gasteiger charge is 2.25. The summed E-state index contributed by atoms with van der Waals surface area (Å²) in [7, 11) is 4.50. The molecule has 0 aliphatic carbocycles. The lowest BCUT2D eigenvalue weighted by atomic mass is 10.0. The predicted molar refractivity (Wildman–Crippen MR) is 118 cm³/mol. The first-order chi connectivity index (χ1) is 15.5. The second kappa shape index (κ2) is 10.8. The zero-order valence-corrected chi connectivity index (χ0v) is 18.8. The molecule has 11 heteroatoms. The van der Waals surface area contributed by atoms with Gasteiger partial charge in [-0.1, -0.05) is 0 Å². The fourth-order valence-corrected chi connectivity index (χ4v) is 3.69. The third-order valence-electron chi connectivity index (χ3n) is 5.22. The molecule has 0 saturated carbocycles. The number of methoxy groups -OCH3 is 3. The minimum atomic E-state index is -0.441. The summed E-state index contributed by atoms with van der Waals surface area (Å²) in [5.41, 5.74) is 0.724. The molecule has 0 bridgehead atoms. The van der Waals surface area contributed by atoms with Gasteiger partial charge < -0.3 is 24.3 Å². The fraction of sp³-hybridized carbons (Fsp3) is 0.524. The second-order valence-corrected chi connectivity index (χ2v) is 7.31. The van der Waals surface area contributed by atoms with Crippen LogP contribution < -0.4 is 24.3 Å². The zero-order valence-electron chi connectivity index (χ0n) is 18.8. The third-order valence-corrected chi connectivity index (χ3v) is 5.22. The number of ether oxygens (including phenoxy) is 4. The van der Waals surface area contributed by atoms with Gasteiger partial charge in [0.05, 0.1) is 38.9 Å². The number of nitro benzene ring substituents is 1.